The molecular weight excluding hydrogens is 282 g/mol. The number of amides is 3. The van der Waals surface area contributed by atoms with Crippen LogP contribution in [0.5, 0.6) is 0 Å². The average molecular weight is 305 g/mol. The van der Waals surface area contributed by atoms with Crippen LogP contribution in [0, 0.1) is 5.92 Å². The molecular formula is C16H23N3O3. The Kier molecular flexibility index (Phi) is 6.21. The highest BCUT2D eigenvalue weighted by atomic mass is 16.5. The first-order chi connectivity index (χ1) is 10.7. The topological polar surface area (TPSA) is 90.5 Å². The molecule has 22 heavy (non-hydrogen) atoms. The summed E-state index contributed by atoms with van der Waals surface area (Å²) in [6, 6.07) is 7.35. The number of benzene rings is 1. The molecule has 120 valence electrons. The molecule has 0 aliphatic heterocycles. The van der Waals surface area contributed by atoms with Gasteiger partial charge in [0, 0.05) is 6.54 Å². The average Bonchev–Trinajstić information content (AvgIpc) is 2.59. The third-order valence-corrected chi connectivity index (χ3v) is 4.06. The summed E-state index contributed by atoms with van der Waals surface area (Å²) in [7, 11) is 0. The van der Waals surface area contributed by atoms with Gasteiger partial charge in [0.15, 0.2) is 0 Å². The van der Waals surface area contributed by atoms with E-state index in [9.17, 15) is 9.59 Å². The quantitative estimate of drug-likeness (QED) is 0.496. The third-order valence-electron chi connectivity index (χ3n) is 4.06. The van der Waals surface area contributed by atoms with Gasteiger partial charge in [0.05, 0.1) is 0 Å². The number of hydrogen-bond acceptors (Lipinski definition) is 3. The molecule has 6 nitrogen and oxygen atoms in total. The third kappa shape index (κ3) is 4.73. The van der Waals surface area contributed by atoms with Gasteiger partial charge in [0.25, 0.3) is 0 Å². The number of rotatable bonds is 5. The predicted molar refractivity (Wildman–Crippen MR) is 82.2 cm³/mol. The second kappa shape index (κ2) is 8.38. The standard InChI is InChI=1S/C16H23N3O3/c20-15(17-11-12-7-3-1-4-8-12)14(18-16(21)19-22)13-9-5-2-6-10-13/h2,5-6,9-10,12,14,22H,1,3-4,7-8,11H2,(H,17,20)(H2,18,19,21). The minimum Gasteiger partial charge on any atom is -0.354 e. The molecule has 1 aliphatic carbocycles. The molecule has 2 rings (SSSR count). The van der Waals surface area contributed by atoms with Gasteiger partial charge in [-0.3, -0.25) is 10.0 Å². The Hall–Kier alpha value is -2.08. The van der Waals surface area contributed by atoms with Crippen molar-refractivity contribution in [2.45, 2.75) is 38.1 Å². The van der Waals surface area contributed by atoms with E-state index >= 15 is 0 Å². The molecule has 0 spiro atoms. The van der Waals surface area contributed by atoms with Crippen LogP contribution in [0.15, 0.2) is 30.3 Å². The van der Waals surface area contributed by atoms with E-state index in [4.69, 9.17) is 5.21 Å². The van der Waals surface area contributed by atoms with E-state index in [2.05, 4.69) is 10.6 Å². The van der Waals surface area contributed by atoms with Gasteiger partial charge in [0.1, 0.15) is 6.04 Å². The molecule has 0 bridgehead atoms. The van der Waals surface area contributed by atoms with Crippen LogP contribution in [-0.4, -0.2) is 23.7 Å². The Labute approximate surface area is 130 Å². The Balaban J connectivity index is 1.97. The van der Waals surface area contributed by atoms with Crippen molar-refractivity contribution < 1.29 is 14.8 Å². The van der Waals surface area contributed by atoms with E-state index in [1.54, 1.807) is 24.3 Å². The lowest BCUT2D eigenvalue weighted by Gasteiger charge is -2.24. The maximum absolute atomic E-state index is 12.4. The Morgan fingerprint density at radius 3 is 2.45 bits per heavy atom. The highest BCUT2D eigenvalue weighted by Gasteiger charge is 2.23. The van der Waals surface area contributed by atoms with Crippen LogP contribution in [0.25, 0.3) is 0 Å². The molecule has 0 heterocycles. The normalized spacial score (nSPS) is 16.6. The fourth-order valence-electron chi connectivity index (χ4n) is 2.85. The van der Waals surface area contributed by atoms with Crippen molar-refractivity contribution in [3.63, 3.8) is 0 Å². The van der Waals surface area contributed by atoms with Gasteiger partial charge in [-0.2, -0.15) is 0 Å². The van der Waals surface area contributed by atoms with E-state index in [0.29, 0.717) is 18.0 Å². The largest absolute Gasteiger partial charge is 0.354 e. The van der Waals surface area contributed by atoms with E-state index in [-0.39, 0.29) is 5.91 Å². The lowest BCUT2D eigenvalue weighted by Crippen LogP contribution is -2.44. The van der Waals surface area contributed by atoms with Crippen molar-refractivity contribution in [3.8, 4) is 0 Å². The lowest BCUT2D eigenvalue weighted by molar-refractivity contribution is -0.123. The van der Waals surface area contributed by atoms with E-state index in [0.717, 1.165) is 12.8 Å². The Bertz CT molecular complexity index is 487. The number of carbonyl (C=O) groups excluding carboxylic acids is 2. The van der Waals surface area contributed by atoms with Crippen molar-refractivity contribution in [2.75, 3.05) is 6.54 Å². The first-order valence-corrected chi connectivity index (χ1v) is 7.74. The summed E-state index contributed by atoms with van der Waals surface area (Å²) in [4.78, 5) is 23.8. The van der Waals surface area contributed by atoms with Gasteiger partial charge in [-0.1, -0.05) is 49.6 Å². The molecule has 1 atom stereocenters. The minimum absolute atomic E-state index is 0.264. The summed E-state index contributed by atoms with van der Waals surface area (Å²) in [5, 5.41) is 14.0. The van der Waals surface area contributed by atoms with Crippen LogP contribution in [0.4, 0.5) is 4.79 Å². The maximum Gasteiger partial charge on any atom is 0.339 e. The lowest BCUT2D eigenvalue weighted by atomic mass is 9.89. The van der Waals surface area contributed by atoms with Crippen molar-refractivity contribution in [2.24, 2.45) is 5.92 Å². The Morgan fingerprint density at radius 1 is 1.14 bits per heavy atom. The first kappa shape index (κ1) is 16.3. The minimum atomic E-state index is -0.822. The molecule has 6 heteroatoms. The SMILES string of the molecule is O=C(NO)NC(C(=O)NCC1CCCCC1)c1ccccc1. The fraction of sp³-hybridized carbons (Fsp3) is 0.500. The predicted octanol–water partition coefficient (Wildman–Crippen LogP) is 2.11. The number of urea groups is 1. The molecule has 1 aliphatic rings. The van der Waals surface area contributed by atoms with Crippen molar-refractivity contribution in [1.29, 1.82) is 0 Å². The second-order valence-electron chi connectivity index (χ2n) is 5.68. The summed E-state index contributed by atoms with van der Waals surface area (Å²) in [5.74, 6) is 0.251. The first-order valence-electron chi connectivity index (χ1n) is 7.74. The zero-order chi connectivity index (χ0) is 15.8. The smallest absolute Gasteiger partial charge is 0.339 e. The molecule has 0 saturated heterocycles. The van der Waals surface area contributed by atoms with Gasteiger partial charge in [-0.15, -0.1) is 0 Å². The van der Waals surface area contributed by atoms with Gasteiger partial charge < -0.3 is 10.6 Å². The van der Waals surface area contributed by atoms with E-state index in [1.807, 2.05) is 6.07 Å². The van der Waals surface area contributed by atoms with Crippen LogP contribution in [0.2, 0.25) is 0 Å². The molecule has 1 aromatic carbocycles. The molecule has 4 N–H and O–H groups in total. The molecule has 0 radical (unpaired) electrons. The van der Waals surface area contributed by atoms with E-state index in [1.165, 1.54) is 24.7 Å². The molecule has 1 saturated carbocycles. The fourth-order valence-corrected chi connectivity index (χ4v) is 2.85. The molecule has 0 aromatic heterocycles. The van der Waals surface area contributed by atoms with Crippen LogP contribution >= 0.6 is 0 Å². The zero-order valence-electron chi connectivity index (χ0n) is 12.5. The van der Waals surface area contributed by atoms with Crippen LogP contribution < -0.4 is 16.1 Å². The zero-order valence-corrected chi connectivity index (χ0v) is 12.5. The number of hydroxylamine groups is 1. The van der Waals surface area contributed by atoms with Gasteiger partial charge >= 0.3 is 6.03 Å². The number of carbonyl (C=O) groups is 2. The molecule has 1 unspecified atom stereocenters. The molecule has 3 amide bonds. The summed E-state index contributed by atoms with van der Waals surface area (Å²) in [5.41, 5.74) is 2.17. The van der Waals surface area contributed by atoms with Crippen molar-refractivity contribution in [3.05, 3.63) is 35.9 Å². The summed E-state index contributed by atoms with van der Waals surface area (Å²) in [6.45, 7) is 0.630. The highest BCUT2D eigenvalue weighted by Crippen LogP contribution is 2.23. The monoisotopic (exact) mass is 305 g/mol. The van der Waals surface area contributed by atoms with Crippen LogP contribution in [0.1, 0.15) is 43.7 Å². The number of hydrogen-bond donors (Lipinski definition) is 4. The maximum atomic E-state index is 12.4. The molecule has 1 aromatic rings. The molecule has 1 fully saturated rings. The summed E-state index contributed by atoms with van der Waals surface area (Å²) < 4.78 is 0. The van der Waals surface area contributed by atoms with Crippen molar-refractivity contribution in [1.82, 2.24) is 16.1 Å². The second-order valence-corrected chi connectivity index (χ2v) is 5.68. The van der Waals surface area contributed by atoms with Gasteiger partial charge in [0.2, 0.25) is 5.91 Å². The Morgan fingerprint density at radius 2 is 1.82 bits per heavy atom. The van der Waals surface area contributed by atoms with Crippen LogP contribution in [-0.2, 0) is 4.79 Å². The van der Waals surface area contributed by atoms with Gasteiger partial charge in [-0.25, -0.2) is 10.3 Å². The van der Waals surface area contributed by atoms with Gasteiger partial charge in [-0.05, 0) is 24.3 Å². The number of nitrogens with one attached hydrogen (secondary N) is 3. The van der Waals surface area contributed by atoms with E-state index < -0.39 is 12.1 Å². The van der Waals surface area contributed by atoms with Crippen molar-refractivity contribution >= 4 is 11.9 Å². The highest BCUT2D eigenvalue weighted by molar-refractivity contribution is 5.87. The summed E-state index contributed by atoms with van der Waals surface area (Å²) in [6.07, 6.45) is 5.98. The summed E-state index contributed by atoms with van der Waals surface area (Å²) >= 11 is 0. The van der Waals surface area contributed by atoms with Crippen LogP contribution in [0.3, 0.4) is 0 Å².